The molecule has 0 spiro atoms. The smallest absolute Gasteiger partial charge is 0.0779 e. The Morgan fingerprint density at radius 3 is 2.78 bits per heavy atom. The molecule has 2 atom stereocenters. The second kappa shape index (κ2) is 6.32. The number of benzene rings is 1. The molecule has 2 unspecified atom stereocenters. The molecular weight excluding hydrogens is 224 g/mol. The average molecular weight is 248 g/mol. The van der Waals surface area contributed by atoms with Crippen LogP contribution < -0.4 is 11.1 Å². The van der Waals surface area contributed by atoms with E-state index >= 15 is 0 Å². The van der Waals surface area contributed by atoms with Crippen molar-refractivity contribution in [2.75, 3.05) is 19.7 Å². The minimum absolute atomic E-state index is 0.00408. The summed E-state index contributed by atoms with van der Waals surface area (Å²) >= 11 is 0. The average Bonchev–Trinajstić information content (AvgIpc) is 2.83. The lowest BCUT2D eigenvalue weighted by Crippen LogP contribution is -2.46. The Morgan fingerprint density at radius 2 is 2.17 bits per heavy atom. The topological polar surface area (TPSA) is 47.3 Å². The molecule has 1 aliphatic rings. The minimum atomic E-state index is 0.00408. The fourth-order valence-electron chi connectivity index (χ4n) is 2.47. The first-order chi connectivity index (χ1) is 8.72. The summed E-state index contributed by atoms with van der Waals surface area (Å²) in [6, 6.07) is 10.8. The van der Waals surface area contributed by atoms with E-state index in [0.717, 1.165) is 26.0 Å². The molecule has 0 saturated carbocycles. The Morgan fingerprint density at radius 1 is 1.39 bits per heavy atom. The highest BCUT2D eigenvalue weighted by molar-refractivity contribution is 5.16. The van der Waals surface area contributed by atoms with Gasteiger partial charge in [-0.1, -0.05) is 30.3 Å². The highest BCUT2D eigenvalue weighted by Gasteiger charge is 2.29. The van der Waals surface area contributed by atoms with Gasteiger partial charge in [-0.2, -0.15) is 0 Å². The molecule has 1 heterocycles. The zero-order valence-electron chi connectivity index (χ0n) is 11.2. The zero-order chi connectivity index (χ0) is 12.8. The van der Waals surface area contributed by atoms with Crippen LogP contribution in [-0.2, 0) is 11.2 Å². The summed E-state index contributed by atoms with van der Waals surface area (Å²) < 4.78 is 5.78. The van der Waals surface area contributed by atoms with Crippen molar-refractivity contribution in [2.24, 2.45) is 5.73 Å². The van der Waals surface area contributed by atoms with E-state index in [4.69, 9.17) is 10.5 Å². The maximum atomic E-state index is 5.85. The fraction of sp³-hybridized carbons (Fsp3) is 0.600. The van der Waals surface area contributed by atoms with Gasteiger partial charge in [0.05, 0.1) is 5.60 Å². The molecule has 100 valence electrons. The van der Waals surface area contributed by atoms with Gasteiger partial charge in [0, 0.05) is 25.7 Å². The van der Waals surface area contributed by atoms with Crippen molar-refractivity contribution in [3.8, 4) is 0 Å². The van der Waals surface area contributed by atoms with Gasteiger partial charge >= 0.3 is 0 Å². The van der Waals surface area contributed by atoms with Gasteiger partial charge < -0.3 is 15.8 Å². The molecule has 0 amide bonds. The normalized spacial score (nSPS) is 25.2. The van der Waals surface area contributed by atoms with Crippen LogP contribution in [0.4, 0.5) is 0 Å². The number of hydrogen-bond acceptors (Lipinski definition) is 3. The SMILES string of the molecule is CC1(CNC(CN)Cc2ccccc2)CCCO1. The lowest BCUT2D eigenvalue weighted by atomic mass is 10.0. The Labute approximate surface area is 110 Å². The highest BCUT2D eigenvalue weighted by Crippen LogP contribution is 2.24. The van der Waals surface area contributed by atoms with E-state index in [0.29, 0.717) is 12.6 Å². The summed E-state index contributed by atoms with van der Waals surface area (Å²) in [5, 5.41) is 3.55. The van der Waals surface area contributed by atoms with Crippen molar-refractivity contribution in [3.63, 3.8) is 0 Å². The lowest BCUT2D eigenvalue weighted by Gasteiger charge is -2.27. The lowest BCUT2D eigenvalue weighted by molar-refractivity contribution is 0.0189. The molecule has 3 N–H and O–H groups in total. The van der Waals surface area contributed by atoms with Gasteiger partial charge in [0.2, 0.25) is 0 Å². The fourth-order valence-corrected chi connectivity index (χ4v) is 2.47. The third kappa shape index (κ3) is 3.80. The summed E-state index contributed by atoms with van der Waals surface area (Å²) in [6.07, 6.45) is 3.29. The van der Waals surface area contributed by atoms with E-state index in [9.17, 15) is 0 Å². The summed E-state index contributed by atoms with van der Waals surface area (Å²) in [7, 11) is 0. The molecule has 0 aliphatic carbocycles. The van der Waals surface area contributed by atoms with Crippen molar-refractivity contribution < 1.29 is 4.74 Å². The Balaban J connectivity index is 1.82. The zero-order valence-corrected chi connectivity index (χ0v) is 11.2. The summed E-state index contributed by atoms with van der Waals surface area (Å²) in [5.41, 5.74) is 7.18. The standard InChI is InChI=1S/C15H24N2O/c1-15(8-5-9-18-15)12-17-14(11-16)10-13-6-3-2-4-7-13/h2-4,6-7,14,17H,5,8-12,16H2,1H3. The molecule has 1 aliphatic heterocycles. The molecule has 1 aromatic rings. The van der Waals surface area contributed by atoms with Crippen LogP contribution in [0.25, 0.3) is 0 Å². The molecule has 0 bridgehead atoms. The highest BCUT2D eigenvalue weighted by atomic mass is 16.5. The molecule has 0 radical (unpaired) electrons. The molecule has 18 heavy (non-hydrogen) atoms. The first-order valence-electron chi connectivity index (χ1n) is 6.83. The van der Waals surface area contributed by atoms with Crippen LogP contribution in [0.3, 0.4) is 0 Å². The number of hydrogen-bond donors (Lipinski definition) is 2. The second-order valence-electron chi connectivity index (χ2n) is 5.41. The Hall–Kier alpha value is -0.900. The third-order valence-electron chi connectivity index (χ3n) is 3.67. The molecule has 2 rings (SSSR count). The van der Waals surface area contributed by atoms with Crippen molar-refractivity contribution in [1.29, 1.82) is 0 Å². The van der Waals surface area contributed by atoms with Gasteiger partial charge in [0.1, 0.15) is 0 Å². The van der Waals surface area contributed by atoms with Gasteiger partial charge in [-0.15, -0.1) is 0 Å². The van der Waals surface area contributed by atoms with Gasteiger partial charge in [-0.3, -0.25) is 0 Å². The third-order valence-corrected chi connectivity index (χ3v) is 3.67. The molecule has 0 aromatic heterocycles. The molecular formula is C15H24N2O. The summed E-state index contributed by atoms with van der Waals surface area (Å²) in [4.78, 5) is 0. The number of nitrogens with one attached hydrogen (secondary N) is 1. The molecule has 3 nitrogen and oxygen atoms in total. The van der Waals surface area contributed by atoms with Crippen molar-refractivity contribution in [1.82, 2.24) is 5.32 Å². The van der Waals surface area contributed by atoms with Gasteiger partial charge in [-0.25, -0.2) is 0 Å². The van der Waals surface area contributed by atoms with Crippen LogP contribution in [0, 0.1) is 0 Å². The molecule has 3 heteroatoms. The van der Waals surface area contributed by atoms with Gasteiger partial charge in [0.15, 0.2) is 0 Å². The maximum Gasteiger partial charge on any atom is 0.0779 e. The van der Waals surface area contributed by atoms with Crippen LogP contribution in [0.1, 0.15) is 25.3 Å². The van der Waals surface area contributed by atoms with Crippen molar-refractivity contribution >= 4 is 0 Å². The quantitative estimate of drug-likeness (QED) is 0.806. The van der Waals surface area contributed by atoms with Crippen LogP contribution in [-0.4, -0.2) is 31.3 Å². The minimum Gasteiger partial charge on any atom is -0.374 e. The largest absolute Gasteiger partial charge is 0.374 e. The monoisotopic (exact) mass is 248 g/mol. The Kier molecular flexibility index (Phi) is 4.75. The van der Waals surface area contributed by atoms with E-state index < -0.39 is 0 Å². The maximum absolute atomic E-state index is 5.85. The van der Waals surface area contributed by atoms with Crippen LogP contribution in [0.2, 0.25) is 0 Å². The van der Waals surface area contributed by atoms with Crippen LogP contribution in [0.5, 0.6) is 0 Å². The van der Waals surface area contributed by atoms with Crippen LogP contribution >= 0.6 is 0 Å². The van der Waals surface area contributed by atoms with E-state index in [1.165, 1.54) is 12.0 Å². The van der Waals surface area contributed by atoms with Crippen LogP contribution in [0.15, 0.2) is 30.3 Å². The summed E-state index contributed by atoms with van der Waals surface area (Å²) in [6.45, 7) is 4.62. The number of ether oxygens (including phenoxy) is 1. The van der Waals surface area contributed by atoms with Gasteiger partial charge in [-0.05, 0) is 31.7 Å². The molecule has 1 fully saturated rings. The second-order valence-corrected chi connectivity index (χ2v) is 5.41. The predicted molar refractivity (Wildman–Crippen MR) is 74.6 cm³/mol. The van der Waals surface area contributed by atoms with E-state index in [1.54, 1.807) is 0 Å². The molecule has 1 saturated heterocycles. The van der Waals surface area contributed by atoms with E-state index in [-0.39, 0.29) is 5.60 Å². The number of nitrogens with two attached hydrogens (primary N) is 1. The van der Waals surface area contributed by atoms with E-state index in [1.807, 2.05) is 6.07 Å². The first kappa shape index (κ1) is 13.5. The first-order valence-corrected chi connectivity index (χ1v) is 6.83. The molecule has 1 aromatic carbocycles. The van der Waals surface area contributed by atoms with Gasteiger partial charge in [0.25, 0.3) is 0 Å². The van der Waals surface area contributed by atoms with Crippen molar-refractivity contribution in [2.45, 2.75) is 37.8 Å². The Bertz CT molecular complexity index is 347. The predicted octanol–water partition coefficient (Wildman–Crippen LogP) is 1.72. The number of rotatable bonds is 6. The van der Waals surface area contributed by atoms with Crippen molar-refractivity contribution in [3.05, 3.63) is 35.9 Å². The van der Waals surface area contributed by atoms with E-state index in [2.05, 4.69) is 36.5 Å². The summed E-state index contributed by atoms with van der Waals surface area (Å²) in [5.74, 6) is 0.